The maximum absolute atomic E-state index is 11.2. The van der Waals surface area contributed by atoms with E-state index in [1.54, 1.807) is 19.1 Å². The van der Waals surface area contributed by atoms with Crippen LogP contribution in [-0.2, 0) is 4.57 Å². The Morgan fingerprint density at radius 2 is 1.88 bits per heavy atom. The normalized spacial score (nSPS) is 18.8. The maximum atomic E-state index is 11.2. The highest BCUT2D eigenvalue weighted by molar-refractivity contribution is 7.50. The van der Waals surface area contributed by atoms with Crippen LogP contribution in [0.5, 0.6) is 5.75 Å². The molecule has 1 aromatic rings. The van der Waals surface area contributed by atoms with Gasteiger partial charge < -0.3 is 35.3 Å². The fourth-order valence-corrected chi connectivity index (χ4v) is 3.33. The van der Waals surface area contributed by atoms with Crippen molar-refractivity contribution in [1.82, 2.24) is 0 Å². The summed E-state index contributed by atoms with van der Waals surface area (Å²) >= 11 is 0. The minimum absolute atomic E-state index is 0.00725. The van der Waals surface area contributed by atoms with Gasteiger partial charge in [-0.2, -0.15) is 4.76 Å². The maximum Gasteiger partial charge on any atom is 0.448 e. The third kappa shape index (κ3) is 4.94. The number of hydrogen-bond acceptors (Lipinski definition) is 6. The van der Waals surface area contributed by atoms with Crippen molar-refractivity contribution in [2.24, 2.45) is 4.76 Å². The molecule has 142 valence electrons. The lowest BCUT2D eigenvalue weighted by atomic mass is 9.85. The minimum atomic E-state index is -4.94. The summed E-state index contributed by atoms with van der Waals surface area (Å²) in [6.45, 7) is 1.64. The first-order chi connectivity index (χ1) is 11.9. The lowest BCUT2D eigenvalue weighted by molar-refractivity contribution is -0.133. The number of phenolic OH excluding ortho intramolecular Hbond substituents is 1. The van der Waals surface area contributed by atoms with Crippen molar-refractivity contribution in [2.45, 2.75) is 31.5 Å². The van der Waals surface area contributed by atoms with Crippen LogP contribution in [0.2, 0.25) is 0 Å². The van der Waals surface area contributed by atoms with Crippen LogP contribution in [0.25, 0.3) is 0 Å². The molecular weight excluding hydrogens is 365 g/mol. The van der Waals surface area contributed by atoms with Crippen molar-refractivity contribution in [3.8, 4) is 5.75 Å². The average molecular weight is 385 g/mol. The van der Waals surface area contributed by atoms with E-state index in [9.17, 15) is 30.1 Å². The Bertz CT molecular complexity index is 836. The summed E-state index contributed by atoms with van der Waals surface area (Å²) in [6.07, 6.45) is 0.00668. The van der Waals surface area contributed by atoms with Gasteiger partial charge in [0.1, 0.15) is 17.3 Å². The zero-order valence-corrected chi connectivity index (χ0v) is 14.7. The lowest BCUT2D eigenvalue weighted by Gasteiger charge is -2.31. The number of aromatic hydroxyl groups is 1. The molecule has 0 bridgehead atoms. The largest absolute Gasteiger partial charge is 0.512 e. The molecule has 0 amide bonds. The summed E-state index contributed by atoms with van der Waals surface area (Å²) in [4.78, 5) is 18.1. The van der Waals surface area contributed by atoms with Crippen LogP contribution >= 0.6 is 7.75 Å². The molecule has 26 heavy (non-hydrogen) atoms. The van der Waals surface area contributed by atoms with Crippen molar-refractivity contribution in [1.29, 1.82) is 0 Å². The molecule has 7 N–H and O–H groups in total. The van der Waals surface area contributed by atoms with Crippen LogP contribution in [0.4, 0.5) is 0 Å². The number of allylic oxidation sites excluding steroid dienone is 2. The van der Waals surface area contributed by atoms with Crippen molar-refractivity contribution >= 4 is 13.5 Å². The molecule has 1 aromatic carbocycles. The van der Waals surface area contributed by atoms with Gasteiger partial charge in [-0.3, -0.25) is 0 Å². The van der Waals surface area contributed by atoms with Gasteiger partial charge in [0, 0.05) is 18.9 Å². The Hall–Kier alpha value is -2.16. The van der Waals surface area contributed by atoms with Gasteiger partial charge in [-0.15, -0.1) is 0 Å². The van der Waals surface area contributed by atoms with Crippen LogP contribution in [0, 0.1) is 0 Å². The van der Waals surface area contributed by atoms with Crippen molar-refractivity contribution in [2.75, 3.05) is 0 Å². The highest BCUT2D eigenvalue weighted by Crippen LogP contribution is 2.41. The molecule has 1 unspecified atom stereocenters. The number of aliphatic hydroxyl groups is 4. The van der Waals surface area contributed by atoms with Crippen LogP contribution in [-0.4, -0.2) is 46.8 Å². The molecule has 1 atom stereocenters. The predicted molar refractivity (Wildman–Crippen MR) is 92.8 cm³/mol. The summed E-state index contributed by atoms with van der Waals surface area (Å²) in [7, 11) is -4.94. The molecule has 1 aliphatic carbocycles. The highest BCUT2D eigenvalue weighted by Gasteiger charge is 2.39. The first-order valence-electron chi connectivity index (χ1n) is 7.61. The summed E-state index contributed by atoms with van der Waals surface area (Å²) in [5.41, 5.74) is -0.533. The summed E-state index contributed by atoms with van der Waals surface area (Å²) in [5.74, 6) is -4.40. The molecular formula is C16H20NO8P. The SMILES string of the molecule is CC(CC(O)(O)C1=C(O)C=C(O)CC1=NP(=O)(O)O)c1cccc(O)c1. The van der Waals surface area contributed by atoms with E-state index in [-0.39, 0.29) is 12.2 Å². The molecule has 0 saturated heterocycles. The highest BCUT2D eigenvalue weighted by atomic mass is 31.2. The first kappa shape index (κ1) is 20.2. The second kappa shape index (κ2) is 7.22. The molecule has 10 heteroatoms. The molecule has 2 rings (SSSR count). The van der Waals surface area contributed by atoms with Gasteiger partial charge in [0.25, 0.3) is 0 Å². The molecule has 0 saturated carbocycles. The second-order valence-corrected chi connectivity index (χ2v) is 7.38. The predicted octanol–water partition coefficient (Wildman–Crippen LogP) is 1.76. The standard InChI is InChI=1S/C16H20NO8P/c1-9(10-3-2-4-11(18)5-10)8-16(21,22)15-13(17-26(23,24)25)6-12(19)7-14(15)20/h2-5,7,9,18-22H,6,8H2,1H3,(H2,23,24,25). The number of nitrogens with zero attached hydrogens (tertiary/aromatic N) is 1. The summed E-state index contributed by atoms with van der Waals surface area (Å²) in [6, 6.07) is 6.13. The number of hydrogen-bond donors (Lipinski definition) is 7. The summed E-state index contributed by atoms with van der Waals surface area (Å²) < 4.78 is 14.3. The van der Waals surface area contributed by atoms with E-state index in [0.29, 0.717) is 5.56 Å². The van der Waals surface area contributed by atoms with Gasteiger partial charge in [-0.1, -0.05) is 19.1 Å². The third-order valence-corrected chi connectivity index (χ3v) is 4.38. The van der Waals surface area contributed by atoms with Gasteiger partial charge >= 0.3 is 7.75 Å². The lowest BCUT2D eigenvalue weighted by Crippen LogP contribution is -2.38. The smallest absolute Gasteiger partial charge is 0.448 e. The monoisotopic (exact) mass is 385 g/mol. The zero-order valence-electron chi connectivity index (χ0n) is 13.8. The second-order valence-electron chi connectivity index (χ2n) is 6.15. The molecule has 0 aliphatic heterocycles. The minimum Gasteiger partial charge on any atom is -0.512 e. The van der Waals surface area contributed by atoms with Gasteiger partial charge in [-0.05, 0) is 23.6 Å². The fraction of sp³-hybridized carbons (Fsp3) is 0.312. The van der Waals surface area contributed by atoms with E-state index < -0.39 is 48.7 Å². The molecule has 9 nitrogen and oxygen atoms in total. The number of aliphatic hydroxyl groups excluding tert-OH is 2. The topological polar surface area (TPSA) is 171 Å². The van der Waals surface area contributed by atoms with E-state index in [2.05, 4.69) is 4.76 Å². The molecule has 0 aromatic heterocycles. The van der Waals surface area contributed by atoms with Crippen LogP contribution in [0.15, 0.2) is 52.2 Å². The van der Waals surface area contributed by atoms with E-state index in [4.69, 9.17) is 9.79 Å². The van der Waals surface area contributed by atoms with Crippen molar-refractivity contribution < 1.29 is 39.9 Å². The Labute approximate surface area is 149 Å². The van der Waals surface area contributed by atoms with Gasteiger partial charge in [0.05, 0.1) is 11.3 Å². The van der Waals surface area contributed by atoms with E-state index >= 15 is 0 Å². The summed E-state index contributed by atoms with van der Waals surface area (Å²) in [5, 5.41) is 50.1. The Balaban J connectivity index is 2.42. The molecule has 0 heterocycles. The zero-order chi connectivity index (χ0) is 19.7. The van der Waals surface area contributed by atoms with Crippen molar-refractivity contribution in [3.63, 3.8) is 0 Å². The molecule has 0 fully saturated rings. The molecule has 0 spiro atoms. The van der Waals surface area contributed by atoms with Crippen LogP contribution in [0.3, 0.4) is 0 Å². The Morgan fingerprint density at radius 3 is 2.46 bits per heavy atom. The molecule has 1 aliphatic rings. The van der Waals surface area contributed by atoms with Crippen LogP contribution < -0.4 is 0 Å². The van der Waals surface area contributed by atoms with E-state index in [1.807, 2.05) is 0 Å². The molecule has 0 radical (unpaired) electrons. The van der Waals surface area contributed by atoms with E-state index in [0.717, 1.165) is 6.08 Å². The van der Waals surface area contributed by atoms with Gasteiger partial charge in [0.2, 0.25) is 0 Å². The van der Waals surface area contributed by atoms with Gasteiger partial charge in [0.15, 0.2) is 5.79 Å². The first-order valence-corrected chi connectivity index (χ1v) is 9.17. The Kier molecular flexibility index (Phi) is 5.60. The van der Waals surface area contributed by atoms with Gasteiger partial charge in [-0.25, -0.2) is 4.57 Å². The number of benzene rings is 1. The average Bonchev–Trinajstić information content (AvgIpc) is 2.43. The van der Waals surface area contributed by atoms with E-state index in [1.165, 1.54) is 12.1 Å². The third-order valence-electron chi connectivity index (χ3n) is 3.88. The Morgan fingerprint density at radius 1 is 1.23 bits per heavy atom. The number of phenols is 1. The van der Waals surface area contributed by atoms with Crippen molar-refractivity contribution in [3.05, 3.63) is 53.0 Å². The quantitative estimate of drug-likeness (QED) is 0.297. The van der Waals surface area contributed by atoms with Crippen LogP contribution in [0.1, 0.15) is 31.2 Å². The fourth-order valence-electron chi connectivity index (χ4n) is 2.85. The number of rotatable bonds is 5.